The van der Waals surface area contributed by atoms with Crippen molar-refractivity contribution >= 4 is 23.6 Å². The van der Waals surface area contributed by atoms with Gasteiger partial charge in [0.05, 0.1) is 11.5 Å². The Morgan fingerprint density at radius 3 is 2.36 bits per heavy atom. The minimum atomic E-state index is -0.605. The maximum Gasteiger partial charge on any atom is 0.417 e. The van der Waals surface area contributed by atoms with Gasteiger partial charge in [0.2, 0.25) is 5.91 Å². The maximum absolute atomic E-state index is 12.8. The van der Waals surface area contributed by atoms with Crippen LogP contribution in [0.5, 0.6) is 0 Å². The Hall–Kier alpha value is -1.55. The molecular weight excluding hydrogens is 302 g/mol. The summed E-state index contributed by atoms with van der Waals surface area (Å²) in [6.45, 7) is 5.42. The fourth-order valence-electron chi connectivity index (χ4n) is 3.07. The number of halogens is 1. The lowest BCUT2D eigenvalue weighted by Gasteiger charge is -2.27. The summed E-state index contributed by atoms with van der Waals surface area (Å²) in [5.41, 5.74) is -0.0260. The monoisotopic (exact) mass is 321 g/mol. The molecule has 1 atom stereocenters. The topological polar surface area (TPSA) is 46.6 Å². The predicted molar refractivity (Wildman–Crippen MR) is 83.9 cm³/mol. The van der Waals surface area contributed by atoms with Crippen LogP contribution < -0.4 is 0 Å². The standard InChI is InChI=1S/C17H20ClNO3/c1-16(2,3)22-15(21)19-14(20)13(10-17(19)8-9-17)11-4-6-12(18)7-5-11/h4-7,13H,8-10H2,1-3H3. The number of nitrogens with zero attached hydrogens (tertiary/aromatic N) is 1. The van der Waals surface area contributed by atoms with Crippen molar-refractivity contribution in [2.75, 3.05) is 0 Å². The van der Waals surface area contributed by atoms with E-state index in [4.69, 9.17) is 16.3 Å². The van der Waals surface area contributed by atoms with Crippen molar-refractivity contribution in [3.05, 3.63) is 34.9 Å². The summed E-state index contributed by atoms with van der Waals surface area (Å²) in [5, 5.41) is 0.638. The summed E-state index contributed by atoms with van der Waals surface area (Å²) in [4.78, 5) is 26.5. The molecule has 1 saturated carbocycles. The van der Waals surface area contributed by atoms with E-state index >= 15 is 0 Å². The molecular formula is C17H20ClNO3. The quantitative estimate of drug-likeness (QED) is 0.781. The van der Waals surface area contributed by atoms with Crippen LogP contribution in [0.15, 0.2) is 24.3 Å². The molecule has 1 heterocycles. The van der Waals surface area contributed by atoms with Gasteiger partial charge in [0.15, 0.2) is 0 Å². The Kier molecular flexibility index (Phi) is 3.48. The fourth-order valence-corrected chi connectivity index (χ4v) is 3.19. The molecule has 2 fully saturated rings. The van der Waals surface area contributed by atoms with Gasteiger partial charge in [-0.05, 0) is 57.7 Å². The lowest BCUT2D eigenvalue weighted by atomic mass is 9.95. The van der Waals surface area contributed by atoms with E-state index in [-0.39, 0.29) is 17.4 Å². The molecule has 5 heteroatoms. The first-order chi connectivity index (χ1) is 10.2. The molecule has 0 N–H and O–H groups in total. The number of ether oxygens (including phenoxy) is 1. The molecule has 1 unspecified atom stereocenters. The maximum atomic E-state index is 12.8. The lowest BCUT2D eigenvalue weighted by molar-refractivity contribution is -0.129. The largest absolute Gasteiger partial charge is 0.443 e. The number of amides is 2. The molecule has 0 radical (unpaired) electrons. The van der Waals surface area contributed by atoms with Gasteiger partial charge in [-0.15, -0.1) is 0 Å². The highest BCUT2D eigenvalue weighted by Crippen LogP contribution is 2.54. The van der Waals surface area contributed by atoms with Gasteiger partial charge in [0.1, 0.15) is 5.60 Å². The highest BCUT2D eigenvalue weighted by atomic mass is 35.5. The van der Waals surface area contributed by atoms with E-state index in [1.54, 1.807) is 12.1 Å². The van der Waals surface area contributed by atoms with Crippen molar-refractivity contribution in [3.8, 4) is 0 Å². The number of carbonyl (C=O) groups is 2. The Balaban J connectivity index is 1.85. The minimum Gasteiger partial charge on any atom is -0.443 e. The van der Waals surface area contributed by atoms with Crippen molar-refractivity contribution in [2.45, 2.75) is 57.1 Å². The molecule has 1 aliphatic heterocycles. The van der Waals surface area contributed by atoms with E-state index in [1.807, 2.05) is 32.9 Å². The Morgan fingerprint density at radius 1 is 1.27 bits per heavy atom. The van der Waals surface area contributed by atoms with Crippen molar-refractivity contribution in [2.24, 2.45) is 0 Å². The molecule has 1 spiro atoms. The first-order valence-corrected chi connectivity index (χ1v) is 7.92. The van der Waals surface area contributed by atoms with E-state index < -0.39 is 11.7 Å². The molecule has 4 nitrogen and oxygen atoms in total. The smallest absolute Gasteiger partial charge is 0.417 e. The van der Waals surface area contributed by atoms with Gasteiger partial charge in [0, 0.05) is 5.02 Å². The number of benzene rings is 1. The molecule has 1 aromatic carbocycles. The van der Waals surface area contributed by atoms with Crippen LogP contribution in [0.3, 0.4) is 0 Å². The molecule has 1 aromatic rings. The van der Waals surface area contributed by atoms with Gasteiger partial charge in [-0.1, -0.05) is 23.7 Å². The molecule has 0 aromatic heterocycles. The first kappa shape index (κ1) is 15.3. The number of imide groups is 1. The van der Waals surface area contributed by atoms with E-state index in [0.717, 1.165) is 18.4 Å². The van der Waals surface area contributed by atoms with Crippen LogP contribution in [0, 0.1) is 0 Å². The Morgan fingerprint density at radius 2 is 1.86 bits per heavy atom. The summed E-state index contributed by atoms with van der Waals surface area (Å²) in [6.07, 6.45) is 1.88. The van der Waals surface area contributed by atoms with Gasteiger partial charge in [-0.2, -0.15) is 0 Å². The number of carbonyl (C=O) groups excluding carboxylic acids is 2. The third kappa shape index (κ3) is 2.72. The molecule has 3 rings (SSSR count). The van der Waals surface area contributed by atoms with Crippen molar-refractivity contribution in [1.82, 2.24) is 4.90 Å². The van der Waals surface area contributed by atoms with Crippen molar-refractivity contribution in [1.29, 1.82) is 0 Å². The summed E-state index contributed by atoms with van der Waals surface area (Å²) in [6, 6.07) is 7.28. The molecule has 22 heavy (non-hydrogen) atoms. The van der Waals surface area contributed by atoms with E-state index in [0.29, 0.717) is 11.4 Å². The molecule has 0 bridgehead atoms. The third-order valence-electron chi connectivity index (χ3n) is 4.25. The number of hydrogen-bond donors (Lipinski definition) is 0. The first-order valence-electron chi connectivity index (χ1n) is 7.54. The van der Waals surface area contributed by atoms with Crippen LogP contribution in [0.2, 0.25) is 5.02 Å². The van der Waals surface area contributed by atoms with Crippen molar-refractivity contribution < 1.29 is 14.3 Å². The Labute approximate surface area is 135 Å². The van der Waals surface area contributed by atoms with E-state index in [9.17, 15) is 9.59 Å². The second-order valence-corrected chi connectivity index (χ2v) is 7.62. The zero-order valence-corrected chi connectivity index (χ0v) is 13.8. The van der Waals surface area contributed by atoms with Crippen LogP contribution >= 0.6 is 11.6 Å². The van der Waals surface area contributed by atoms with Crippen LogP contribution in [0.25, 0.3) is 0 Å². The summed E-state index contributed by atoms with van der Waals surface area (Å²) >= 11 is 5.91. The van der Waals surface area contributed by atoms with Crippen LogP contribution in [-0.2, 0) is 9.53 Å². The van der Waals surface area contributed by atoms with Gasteiger partial charge in [-0.3, -0.25) is 4.79 Å². The average Bonchev–Trinajstić information content (AvgIpc) is 3.08. The number of rotatable bonds is 1. The normalized spacial score (nSPS) is 23.0. The highest BCUT2D eigenvalue weighted by molar-refractivity contribution is 6.30. The zero-order chi connectivity index (χ0) is 16.1. The van der Waals surface area contributed by atoms with E-state index in [2.05, 4.69) is 0 Å². The third-order valence-corrected chi connectivity index (χ3v) is 4.50. The molecule has 118 valence electrons. The van der Waals surface area contributed by atoms with Gasteiger partial charge in [-0.25, -0.2) is 9.69 Å². The van der Waals surface area contributed by atoms with Crippen LogP contribution in [0.1, 0.15) is 51.5 Å². The lowest BCUT2D eigenvalue weighted by Crippen LogP contribution is -2.43. The van der Waals surface area contributed by atoms with Gasteiger partial charge in [0.25, 0.3) is 0 Å². The Bertz CT molecular complexity index is 614. The summed E-state index contributed by atoms with van der Waals surface area (Å²) in [7, 11) is 0. The minimum absolute atomic E-state index is 0.158. The molecule has 2 amide bonds. The second-order valence-electron chi connectivity index (χ2n) is 7.19. The van der Waals surface area contributed by atoms with Gasteiger partial charge < -0.3 is 4.74 Å². The zero-order valence-electron chi connectivity index (χ0n) is 13.1. The highest BCUT2D eigenvalue weighted by Gasteiger charge is 2.61. The van der Waals surface area contributed by atoms with E-state index in [1.165, 1.54) is 4.90 Å². The SMILES string of the molecule is CC(C)(C)OC(=O)N1C(=O)C(c2ccc(Cl)cc2)CC12CC2. The molecule has 2 aliphatic rings. The summed E-state index contributed by atoms with van der Waals surface area (Å²) < 4.78 is 5.42. The number of likely N-dealkylation sites (tertiary alicyclic amines) is 1. The van der Waals surface area contributed by atoms with Crippen LogP contribution in [0.4, 0.5) is 4.79 Å². The average molecular weight is 322 g/mol. The predicted octanol–water partition coefficient (Wildman–Crippen LogP) is 4.12. The second kappa shape index (κ2) is 4.98. The summed E-state index contributed by atoms with van der Waals surface area (Å²) in [5.74, 6) is -0.443. The number of hydrogen-bond acceptors (Lipinski definition) is 3. The van der Waals surface area contributed by atoms with Gasteiger partial charge >= 0.3 is 6.09 Å². The fraction of sp³-hybridized carbons (Fsp3) is 0.529. The van der Waals surface area contributed by atoms with Crippen LogP contribution in [-0.4, -0.2) is 28.0 Å². The molecule has 1 saturated heterocycles. The molecule has 1 aliphatic carbocycles. The van der Waals surface area contributed by atoms with Crippen molar-refractivity contribution in [3.63, 3.8) is 0 Å².